The third kappa shape index (κ3) is 13.1. The zero-order valence-electron chi connectivity index (χ0n) is 17.3. The molecule has 0 unspecified atom stereocenters. The number of nitrogens with zero attached hydrogens (tertiary/aromatic N) is 1. The molecule has 0 fully saturated rings. The highest BCUT2D eigenvalue weighted by Gasteiger charge is 2.03. The summed E-state index contributed by atoms with van der Waals surface area (Å²) in [4.78, 5) is 0. The Labute approximate surface area is 158 Å². The topological polar surface area (TPSA) is 3.88 Å². The smallest absolute Gasteiger partial charge is 0.171 e. The Balaban J connectivity index is 2.02. The molecule has 0 aliphatic heterocycles. The van der Waals surface area contributed by atoms with Gasteiger partial charge in [0.05, 0.1) is 0 Å². The first-order chi connectivity index (χ1) is 12.4. The van der Waals surface area contributed by atoms with Gasteiger partial charge in [0.2, 0.25) is 0 Å². The van der Waals surface area contributed by atoms with E-state index >= 15 is 0 Å². The molecule has 1 rings (SSSR count). The number of unbranched alkanes of at least 4 members (excludes halogenated alkanes) is 13. The lowest BCUT2D eigenvalue weighted by molar-refractivity contribution is -0.697. The van der Waals surface area contributed by atoms with Gasteiger partial charge in [-0.3, -0.25) is 0 Å². The summed E-state index contributed by atoms with van der Waals surface area (Å²) in [5, 5.41) is 0. The van der Waals surface area contributed by atoms with E-state index in [1.807, 2.05) is 0 Å². The van der Waals surface area contributed by atoms with Crippen molar-refractivity contribution in [2.45, 2.75) is 123 Å². The highest BCUT2D eigenvalue weighted by atomic mass is 14.9. The molecule has 1 aromatic heterocycles. The fourth-order valence-electron chi connectivity index (χ4n) is 3.58. The maximum absolute atomic E-state index is 2.40. The molecule has 0 amide bonds. The summed E-state index contributed by atoms with van der Waals surface area (Å²) in [6.07, 6.45) is 26.9. The van der Waals surface area contributed by atoms with Crippen LogP contribution in [-0.2, 0) is 13.0 Å². The van der Waals surface area contributed by atoms with Crippen molar-refractivity contribution in [3.8, 4) is 0 Å². The summed E-state index contributed by atoms with van der Waals surface area (Å²) < 4.78 is 2.40. The predicted molar refractivity (Wildman–Crippen MR) is 111 cm³/mol. The van der Waals surface area contributed by atoms with Gasteiger partial charge in [0.15, 0.2) is 12.4 Å². The zero-order valence-corrected chi connectivity index (χ0v) is 17.3. The van der Waals surface area contributed by atoms with Crippen LogP contribution in [0.1, 0.15) is 116 Å². The third-order valence-electron chi connectivity index (χ3n) is 5.26. The van der Waals surface area contributed by atoms with Gasteiger partial charge in [0.1, 0.15) is 6.54 Å². The second-order valence-electron chi connectivity index (χ2n) is 7.80. The van der Waals surface area contributed by atoms with Crippen LogP contribution in [0.5, 0.6) is 0 Å². The first-order valence-electron chi connectivity index (χ1n) is 11.3. The quantitative estimate of drug-likeness (QED) is 0.204. The molecule has 144 valence electrons. The maximum Gasteiger partial charge on any atom is 0.171 e. The van der Waals surface area contributed by atoms with E-state index in [4.69, 9.17) is 0 Å². The van der Waals surface area contributed by atoms with Crippen molar-refractivity contribution in [1.82, 2.24) is 0 Å². The van der Waals surface area contributed by atoms with Crippen LogP contribution in [0, 0.1) is 0 Å². The van der Waals surface area contributed by atoms with E-state index in [-0.39, 0.29) is 0 Å². The zero-order chi connectivity index (χ0) is 18.0. The minimum absolute atomic E-state index is 1.19. The molecule has 0 spiro atoms. The molecule has 1 heterocycles. The molecule has 0 saturated heterocycles. The lowest BCUT2D eigenvalue weighted by atomic mass is 10.0. The van der Waals surface area contributed by atoms with Gasteiger partial charge in [-0.25, -0.2) is 4.57 Å². The highest BCUT2D eigenvalue weighted by Crippen LogP contribution is 2.12. The van der Waals surface area contributed by atoms with Gasteiger partial charge in [0, 0.05) is 18.1 Å². The van der Waals surface area contributed by atoms with Crippen molar-refractivity contribution < 1.29 is 4.57 Å². The van der Waals surface area contributed by atoms with Crippen LogP contribution >= 0.6 is 0 Å². The Morgan fingerprint density at radius 1 is 0.640 bits per heavy atom. The van der Waals surface area contributed by atoms with Crippen molar-refractivity contribution in [2.24, 2.45) is 0 Å². The molecular weight excluding hydrogens is 302 g/mol. The van der Waals surface area contributed by atoms with Gasteiger partial charge in [-0.05, 0) is 25.3 Å². The van der Waals surface area contributed by atoms with Gasteiger partial charge < -0.3 is 0 Å². The van der Waals surface area contributed by atoms with Crippen molar-refractivity contribution >= 4 is 0 Å². The van der Waals surface area contributed by atoms with Crippen LogP contribution in [0.2, 0.25) is 0 Å². The summed E-state index contributed by atoms with van der Waals surface area (Å²) in [7, 11) is 0. The molecule has 0 saturated carbocycles. The number of aromatic nitrogens is 1. The van der Waals surface area contributed by atoms with Crippen molar-refractivity contribution in [3.63, 3.8) is 0 Å². The van der Waals surface area contributed by atoms with E-state index in [2.05, 4.69) is 42.9 Å². The van der Waals surface area contributed by atoms with E-state index in [1.165, 1.54) is 115 Å². The van der Waals surface area contributed by atoms with Crippen LogP contribution in [0.25, 0.3) is 0 Å². The van der Waals surface area contributed by atoms with Gasteiger partial charge in [-0.2, -0.15) is 0 Å². The van der Waals surface area contributed by atoms with Gasteiger partial charge in [0.25, 0.3) is 0 Å². The van der Waals surface area contributed by atoms with E-state index in [1.54, 1.807) is 0 Å². The Morgan fingerprint density at radius 2 is 1.16 bits per heavy atom. The second-order valence-corrected chi connectivity index (χ2v) is 7.80. The molecular formula is C24H44N+. The number of hydrogen-bond donors (Lipinski definition) is 0. The molecule has 0 radical (unpaired) electrons. The molecule has 0 aromatic carbocycles. The molecule has 0 atom stereocenters. The van der Waals surface area contributed by atoms with Crippen LogP contribution in [0.3, 0.4) is 0 Å². The number of hydrogen-bond acceptors (Lipinski definition) is 0. The van der Waals surface area contributed by atoms with Gasteiger partial charge in [-0.1, -0.05) is 90.9 Å². The van der Waals surface area contributed by atoms with E-state index in [0.29, 0.717) is 0 Å². The number of pyridine rings is 1. The van der Waals surface area contributed by atoms with Crippen molar-refractivity contribution in [1.29, 1.82) is 0 Å². The molecule has 1 nitrogen and oxygen atoms in total. The predicted octanol–water partition coefficient (Wildman–Crippen LogP) is 7.41. The first-order valence-corrected chi connectivity index (χ1v) is 11.3. The van der Waals surface area contributed by atoms with Gasteiger partial charge >= 0.3 is 0 Å². The largest absolute Gasteiger partial charge is 0.205 e. The molecule has 1 aromatic rings. The van der Waals surface area contributed by atoms with E-state index in [0.717, 1.165) is 0 Å². The van der Waals surface area contributed by atoms with Crippen molar-refractivity contribution in [3.05, 3.63) is 30.1 Å². The van der Waals surface area contributed by atoms with Crippen LogP contribution in [-0.4, -0.2) is 0 Å². The fourth-order valence-corrected chi connectivity index (χ4v) is 3.58. The molecule has 0 bridgehead atoms. The van der Waals surface area contributed by atoms with Crippen LogP contribution in [0.15, 0.2) is 24.5 Å². The molecule has 0 N–H and O–H groups in total. The van der Waals surface area contributed by atoms with Crippen LogP contribution < -0.4 is 4.57 Å². The first kappa shape index (κ1) is 22.2. The average molecular weight is 347 g/mol. The van der Waals surface area contributed by atoms with E-state index in [9.17, 15) is 0 Å². The van der Waals surface area contributed by atoms with Crippen molar-refractivity contribution in [2.75, 3.05) is 0 Å². The second kappa shape index (κ2) is 16.6. The normalized spacial score (nSPS) is 11.1. The lowest BCUT2D eigenvalue weighted by Gasteiger charge is -2.03. The minimum Gasteiger partial charge on any atom is -0.205 e. The summed E-state index contributed by atoms with van der Waals surface area (Å²) in [6.45, 7) is 5.77. The maximum atomic E-state index is 2.40. The monoisotopic (exact) mass is 346 g/mol. The molecule has 0 aliphatic carbocycles. The molecule has 0 aliphatic rings. The number of rotatable bonds is 17. The third-order valence-corrected chi connectivity index (χ3v) is 5.26. The summed E-state index contributed by atoms with van der Waals surface area (Å²) >= 11 is 0. The van der Waals surface area contributed by atoms with Crippen LogP contribution in [0.4, 0.5) is 0 Å². The van der Waals surface area contributed by atoms with E-state index < -0.39 is 0 Å². The Morgan fingerprint density at radius 3 is 1.76 bits per heavy atom. The Kier molecular flexibility index (Phi) is 14.7. The minimum atomic E-state index is 1.19. The highest BCUT2D eigenvalue weighted by molar-refractivity contribution is 5.05. The lowest BCUT2D eigenvalue weighted by Crippen LogP contribution is -2.33. The van der Waals surface area contributed by atoms with Gasteiger partial charge in [-0.15, -0.1) is 0 Å². The summed E-state index contributed by atoms with van der Waals surface area (Å²) in [5.41, 5.74) is 1.52. The average Bonchev–Trinajstić information content (AvgIpc) is 2.63. The summed E-state index contributed by atoms with van der Waals surface area (Å²) in [5.74, 6) is 0. The standard InChI is InChI=1S/C24H44N/c1-3-5-7-9-10-11-12-13-14-16-19-24-20-18-22-25(23-24)21-17-15-8-6-4-2/h18,20,22-23H,3-17,19,21H2,1-2H3/q+1. The fraction of sp³-hybridized carbons (Fsp3) is 0.792. The molecule has 1 heteroatoms. The molecule has 25 heavy (non-hydrogen) atoms. The number of aryl methyl sites for hydroxylation is 2. The Hall–Kier alpha value is -0.850. The Bertz CT molecular complexity index is 399. The SMILES string of the molecule is CCCCCCCCCCCCc1ccc[n+](CCCCCCC)c1. The summed E-state index contributed by atoms with van der Waals surface area (Å²) in [6, 6.07) is 4.54.